The second-order valence-electron chi connectivity index (χ2n) is 13.6. The Morgan fingerprint density at radius 2 is 0.778 bits per heavy atom. The lowest BCUT2D eigenvalue weighted by Crippen LogP contribution is -1.97. The predicted octanol–water partition coefficient (Wildman–Crippen LogP) is 13.3. The number of aromatic nitrogens is 3. The zero-order valence-corrected chi connectivity index (χ0v) is 29.4. The normalized spacial score (nSPS) is 11.3. The average molecular weight is 688 g/mol. The minimum absolute atomic E-state index is 0.662. The summed E-state index contributed by atoms with van der Waals surface area (Å²) in [5.41, 5.74) is 12.3. The third kappa shape index (κ3) is 5.78. The molecule has 252 valence electrons. The van der Waals surface area contributed by atoms with Crippen LogP contribution in [0.2, 0.25) is 0 Å². The molecule has 8 aromatic carbocycles. The number of hydrogen-bond donors (Lipinski definition) is 0. The first-order chi connectivity index (χ1) is 26.7. The summed E-state index contributed by atoms with van der Waals surface area (Å²) in [6, 6.07) is 70.3. The number of nitrogens with zero attached hydrogens (tertiary/aromatic N) is 3. The third-order valence-corrected chi connectivity index (χ3v) is 10.2. The Balaban J connectivity index is 1.16. The van der Waals surface area contributed by atoms with Crippen LogP contribution in [0.15, 0.2) is 200 Å². The zero-order valence-electron chi connectivity index (χ0n) is 29.4. The summed E-state index contributed by atoms with van der Waals surface area (Å²) in [6.07, 6.45) is 0. The lowest BCUT2D eigenvalue weighted by molar-refractivity contribution is 1.18. The molecule has 0 amide bonds. The predicted molar refractivity (Wildman–Crippen MR) is 225 cm³/mol. The summed E-state index contributed by atoms with van der Waals surface area (Å²) in [7, 11) is 0. The number of benzene rings is 8. The van der Waals surface area contributed by atoms with E-state index in [-0.39, 0.29) is 0 Å². The van der Waals surface area contributed by atoms with Gasteiger partial charge in [-0.2, -0.15) is 0 Å². The van der Waals surface area contributed by atoms with E-state index >= 15 is 0 Å². The Morgan fingerprint density at radius 3 is 1.44 bits per heavy atom. The Hall–Kier alpha value is -7.23. The standard InChI is InChI=1S/C51H33N3/c1-3-14-34(15-4-1)37-19-11-21-39(30-37)47-33-48(40-22-12-20-38(31-40)35-16-5-2-6-17-35)54-51(53-47)42-24-13-23-41(32-42)50-45-29-28-36-18-7-8-25-43(36)49(45)44-26-9-10-27-46(44)52-50/h1-33H. The van der Waals surface area contributed by atoms with E-state index in [0.717, 1.165) is 66.8 Å². The highest BCUT2D eigenvalue weighted by Crippen LogP contribution is 2.38. The van der Waals surface area contributed by atoms with E-state index in [0.29, 0.717) is 5.82 Å². The van der Waals surface area contributed by atoms with Crippen LogP contribution in [0.3, 0.4) is 0 Å². The van der Waals surface area contributed by atoms with E-state index in [2.05, 4.69) is 188 Å². The van der Waals surface area contributed by atoms with Crippen molar-refractivity contribution in [1.82, 2.24) is 15.0 Å². The van der Waals surface area contributed by atoms with Crippen molar-refractivity contribution in [3.63, 3.8) is 0 Å². The Morgan fingerprint density at radius 1 is 0.278 bits per heavy atom. The van der Waals surface area contributed by atoms with E-state index in [1.807, 2.05) is 12.1 Å². The van der Waals surface area contributed by atoms with Crippen LogP contribution in [0, 0.1) is 0 Å². The first-order valence-corrected chi connectivity index (χ1v) is 18.3. The molecule has 0 saturated heterocycles. The molecule has 0 spiro atoms. The van der Waals surface area contributed by atoms with Gasteiger partial charge in [0.05, 0.1) is 22.6 Å². The van der Waals surface area contributed by atoms with Crippen LogP contribution < -0.4 is 0 Å². The lowest BCUT2D eigenvalue weighted by Gasteiger charge is -2.14. The van der Waals surface area contributed by atoms with Gasteiger partial charge in [-0.25, -0.2) is 15.0 Å². The van der Waals surface area contributed by atoms with Crippen molar-refractivity contribution in [3.05, 3.63) is 200 Å². The summed E-state index contributed by atoms with van der Waals surface area (Å²) in [4.78, 5) is 15.8. The number of pyridine rings is 1. The van der Waals surface area contributed by atoms with Crippen LogP contribution in [0.1, 0.15) is 0 Å². The van der Waals surface area contributed by atoms with Crippen molar-refractivity contribution in [2.24, 2.45) is 0 Å². The van der Waals surface area contributed by atoms with E-state index in [1.165, 1.54) is 27.3 Å². The molecule has 3 heteroatoms. The molecule has 0 aliphatic heterocycles. The van der Waals surface area contributed by atoms with Gasteiger partial charge >= 0.3 is 0 Å². The van der Waals surface area contributed by atoms with E-state index in [4.69, 9.17) is 15.0 Å². The molecule has 0 atom stereocenters. The molecule has 0 aliphatic rings. The highest BCUT2D eigenvalue weighted by atomic mass is 14.9. The Bertz CT molecular complexity index is 2870. The van der Waals surface area contributed by atoms with Gasteiger partial charge in [0, 0.05) is 38.4 Å². The fourth-order valence-corrected chi connectivity index (χ4v) is 7.60. The van der Waals surface area contributed by atoms with Crippen LogP contribution >= 0.6 is 0 Å². The molecule has 10 rings (SSSR count). The lowest BCUT2D eigenvalue weighted by atomic mass is 9.94. The number of para-hydroxylation sites is 1. The van der Waals surface area contributed by atoms with Crippen molar-refractivity contribution in [2.75, 3.05) is 0 Å². The second kappa shape index (κ2) is 13.4. The van der Waals surface area contributed by atoms with Crippen molar-refractivity contribution in [2.45, 2.75) is 0 Å². The monoisotopic (exact) mass is 687 g/mol. The van der Waals surface area contributed by atoms with Gasteiger partial charge in [-0.05, 0) is 63.4 Å². The molecule has 2 aromatic heterocycles. The van der Waals surface area contributed by atoms with Crippen molar-refractivity contribution in [3.8, 4) is 67.4 Å². The molecule has 0 saturated carbocycles. The van der Waals surface area contributed by atoms with Gasteiger partial charge in [0.2, 0.25) is 0 Å². The maximum Gasteiger partial charge on any atom is 0.160 e. The largest absolute Gasteiger partial charge is 0.247 e. The summed E-state index contributed by atoms with van der Waals surface area (Å²) in [6.45, 7) is 0. The smallest absolute Gasteiger partial charge is 0.160 e. The quantitative estimate of drug-likeness (QED) is 0.163. The fourth-order valence-electron chi connectivity index (χ4n) is 7.60. The molecule has 54 heavy (non-hydrogen) atoms. The second-order valence-corrected chi connectivity index (χ2v) is 13.6. The first kappa shape index (κ1) is 31.5. The van der Waals surface area contributed by atoms with E-state index in [9.17, 15) is 0 Å². The summed E-state index contributed by atoms with van der Waals surface area (Å²) < 4.78 is 0. The number of hydrogen-bond acceptors (Lipinski definition) is 3. The van der Waals surface area contributed by atoms with Gasteiger partial charge in [0.25, 0.3) is 0 Å². The van der Waals surface area contributed by atoms with Gasteiger partial charge in [-0.3, -0.25) is 0 Å². The molecule has 0 aliphatic carbocycles. The van der Waals surface area contributed by atoms with Crippen LogP contribution in [0.4, 0.5) is 0 Å². The molecule has 0 unspecified atom stereocenters. The summed E-state index contributed by atoms with van der Waals surface area (Å²) in [5.74, 6) is 0.662. The SMILES string of the molecule is c1ccc(-c2cccc(-c3cc(-c4cccc(-c5ccccc5)c4)nc(-c4cccc(-c5nc6ccccc6c6c5ccc5ccccc56)c4)n3)c2)cc1. The number of rotatable bonds is 6. The molecular formula is C51H33N3. The Labute approximate surface area is 313 Å². The third-order valence-electron chi connectivity index (χ3n) is 10.2. The zero-order chi connectivity index (χ0) is 35.8. The number of fused-ring (bicyclic) bond motifs is 5. The van der Waals surface area contributed by atoms with Gasteiger partial charge in [-0.15, -0.1) is 0 Å². The highest BCUT2D eigenvalue weighted by molar-refractivity contribution is 6.22. The molecule has 10 aromatic rings. The van der Waals surface area contributed by atoms with Gasteiger partial charge in [0.15, 0.2) is 5.82 Å². The van der Waals surface area contributed by atoms with Crippen molar-refractivity contribution < 1.29 is 0 Å². The molecule has 0 fully saturated rings. The minimum Gasteiger partial charge on any atom is -0.247 e. The first-order valence-electron chi connectivity index (χ1n) is 18.3. The van der Waals surface area contributed by atoms with E-state index in [1.54, 1.807) is 0 Å². The molecular weight excluding hydrogens is 655 g/mol. The van der Waals surface area contributed by atoms with Crippen LogP contribution in [-0.4, -0.2) is 15.0 Å². The maximum absolute atomic E-state index is 5.28. The van der Waals surface area contributed by atoms with Crippen LogP contribution in [0.25, 0.3) is 99.9 Å². The highest BCUT2D eigenvalue weighted by Gasteiger charge is 2.16. The average Bonchev–Trinajstić information content (AvgIpc) is 3.26. The summed E-state index contributed by atoms with van der Waals surface area (Å²) >= 11 is 0. The van der Waals surface area contributed by atoms with Crippen molar-refractivity contribution >= 4 is 32.4 Å². The Kier molecular flexibility index (Phi) is 7.81. The summed E-state index contributed by atoms with van der Waals surface area (Å²) in [5, 5.41) is 5.93. The molecule has 3 nitrogen and oxygen atoms in total. The molecule has 0 radical (unpaired) electrons. The van der Waals surface area contributed by atoms with Crippen LogP contribution in [-0.2, 0) is 0 Å². The van der Waals surface area contributed by atoms with Crippen molar-refractivity contribution in [1.29, 1.82) is 0 Å². The minimum atomic E-state index is 0.662. The van der Waals surface area contributed by atoms with Gasteiger partial charge in [-0.1, -0.05) is 170 Å². The maximum atomic E-state index is 5.28. The van der Waals surface area contributed by atoms with Crippen LogP contribution in [0.5, 0.6) is 0 Å². The fraction of sp³-hybridized carbons (Fsp3) is 0. The van der Waals surface area contributed by atoms with E-state index < -0.39 is 0 Å². The molecule has 0 bridgehead atoms. The topological polar surface area (TPSA) is 38.7 Å². The van der Waals surface area contributed by atoms with Gasteiger partial charge < -0.3 is 0 Å². The van der Waals surface area contributed by atoms with Gasteiger partial charge in [0.1, 0.15) is 0 Å². The molecule has 0 N–H and O–H groups in total. The molecule has 2 heterocycles.